The second-order valence-corrected chi connectivity index (χ2v) is 4.76. The number of hydrogen-bond donors (Lipinski definition) is 1. The fourth-order valence-corrected chi connectivity index (χ4v) is 2.73. The van der Waals surface area contributed by atoms with E-state index in [-0.39, 0.29) is 5.41 Å². The largest absolute Gasteiger partial charge is 0.496 e. The Labute approximate surface area is 103 Å². The van der Waals surface area contributed by atoms with Gasteiger partial charge in [0.1, 0.15) is 5.75 Å². The van der Waals surface area contributed by atoms with E-state index in [1.54, 1.807) is 14.2 Å². The molecule has 1 aromatic rings. The van der Waals surface area contributed by atoms with Crippen molar-refractivity contribution in [3.05, 3.63) is 29.3 Å². The molecule has 0 atom stereocenters. The van der Waals surface area contributed by atoms with Gasteiger partial charge in [0.15, 0.2) is 0 Å². The molecule has 0 bridgehead atoms. The highest BCUT2D eigenvalue weighted by atomic mass is 16.5. The van der Waals surface area contributed by atoms with E-state index in [2.05, 4.69) is 6.07 Å². The van der Waals surface area contributed by atoms with Crippen LogP contribution in [0.5, 0.6) is 5.75 Å². The van der Waals surface area contributed by atoms with Crippen LogP contribution in [-0.2, 0) is 16.8 Å². The van der Waals surface area contributed by atoms with Crippen molar-refractivity contribution < 1.29 is 9.47 Å². The highest BCUT2D eigenvalue weighted by molar-refractivity contribution is 5.45. The molecule has 1 aromatic carbocycles. The van der Waals surface area contributed by atoms with Crippen molar-refractivity contribution >= 4 is 0 Å². The molecule has 0 heterocycles. The molecular weight excluding hydrogens is 214 g/mol. The van der Waals surface area contributed by atoms with E-state index in [0.29, 0.717) is 13.2 Å². The van der Waals surface area contributed by atoms with Crippen LogP contribution in [0.3, 0.4) is 0 Å². The average molecular weight is 235 g/mol. The van der Waals surface area contributed by atoms with Crippen LogP contribution >= 0.6 is 0 Å². The van der Waals surface area contributed by atoms with Gasteiger partial charge in [-0.05, 0) is 24.5 Å². The summed E-state index contributed by atoms with van der Waals surface area (Å²) in [7, 11) is 3.42. The maximum Gasteiger partial charge on any atom is 0.124 e. The molecule has 1 aliphatic rings. The highest BCUT2D eigenvalue weighted by Gasteiger charge is 2.39. The Hall–Kier alpha value is -1.06. The van der Waals surface area contributed by atoms with Crippen molar-refractivity contribution in [1.82, 2.24) is 0 Å². The van der Waals surface area contributed by atoms with Gasteiger partial charge in [-0.25, -0.2) is 0 Å². The standard InChI is InChI=1S/C14H21NO2/c1-16-9-11-12(5-3-6-13(11)17-2)14(10-15)7-4-8-14/h3,5-6H,4,7-10,15H2,1-2H3. The van der Waals surface area contributed by atoms with Crippen molar-refractivity contribution in [2.45, 2.75) is 31.3 Å². The lowest BCUT2D eigenvalue weighted by atomic mass is 9.63. The predicted molar refractivity (Wildman–Crippen MR) is 68.3 cm³/mol. The molecule has 1 saturated carbocycles. The molecule has 0 amide bonds. The van der Waals surface area contributed by atoms with Crippen LogP contribution in [0.25, 0.3) is 0 Å². The molecule has 0 aromatic heterocycles. The Morgan fingerprint density at radius 1 is 1.29 bits per heavy atom. The van der Waals surface area contributed by atoms with Gasteiger partial charge < -0.3 is 15.2 Å². The maximum absolute atomic E-state index is 5.98. The highest BCUT2D eigenvalue weighted by Crippen LogP contribution is 2.45. The first kappa shape index (κ1) is 12.4. The van der Waals surface area contributed by atoms with Crippen LogP contribution in [0.15, 0.2) is 18.2 Å². The lowest BCUT2D eigenvalue weighted by Crippen LogP contribution is -2.42. The molecule has 0 saturated heterocycles. The lowest BCUT2D eigenvalue weighted by Gasteiger charge is -2.42. The quantitative estimate of drug-likeness (QED) is 0.851. The number of rotatable bonds is 5. The van der Waals surface area contributed by atoms with E-state index < -0.39 is 0 Å². The lowest BCUT2D eigenvalue weighted by molar-refractivity contribution is 0.174. The molecule has 2 rings (SSSR count). The van der Waals surface area contributed by atoms with Gasteiger partial charge in [-0.15, -0.1) is 0 Å². The van der Waals surface area contributed by atoms with Gasteiger partial charge in [0.25, 0.3) is 0 Å². The zero-order valence-electron chi connectivity index (χ0n) is 10.7. The van der Waals surface area contributed by atoms with Crippen molar-refractivity contribution in [3.8, 4) is 5.75 Å². The van der Waals surface area contributed by atoms with E-state index >= 15 is 0 Å². The summed E-state index contributed by atoms with van der Waals surface area (Å²) < 4.78 is 10.7. The molecule has 94 valence electrons. The van der Waals surface area contributed by atoms with Gasteiger partial charge in [0, 0.05) is 24.6 Å². The van der Waals surface area contributed by atoms with Gasteiger partial charge in [-0.1, -0.05) is 18.6 Å². The van der Waals surface area contributed by atoms with Crippen LogP contribution < -0.4 is 10.5 Å². The molecule has 0 unspecified atom stereocenters. The Morgan fingerprint density at radius 2 is 2.06 bits per heavy atom. The zero-order chi connectivity index (χ0) is 12.3. The van der Waals surface area contributed by atoms with Crippen molar-refractivity contribution in [1.29, 1.82) is 0 Å². The summed E-state index contributed by atoms with van der Waals surface area (Å²) in [6, 6.07) is 6.20. The van der Waals surface area contributed by atoms with Gasteiger partial charge in [0.05, 0.1) is 13.7 Å². The number of benzene rings is 1. The summed E-state index contributed by atoms with van der Waals surface area (Å²) in [5.74, 6) is 0.907. The van der Waals surface area contributed by atoms with E-state index in [1.807, 2.05) is 12.1 Å². The normalized spacial score (nSPS) is 17.6. The SMILES string of the molecule is COCc1c(OC)cccc1C1(CN)CCC1. The Kier molecular flexibility index (Phi) is 3.69. The minimum atomic E-state index is 0.155. The summed E-state index contributed by atoms with van der Waals surface area (Å²) in [6.45, 7) is 1.29. The third-order valence-electron chi connectivity index (χ3n) is 3.91. The number of ether oxygens (including phenoxy) is 2. The molecule has 2 N–H and O–H groups in total. The van der Waals surface area contributed by atoms with Gasteiger partial charge >= 0.3 is 0 Å². The maximum atomic E-state index is 5.98. The van der Waals surface area contributed by atoms with E-state index in [1.165, 1.54) is 24.8 Å². The van der Waals surface area contributed by atoms with Crippen LogP contribution in [0.1, 0.15) is 30.4 Å². The number of methoxy groups -OCH3 is 2. The fraction of sp³-hybridized carbons (Fsp3) is 0.571. The van der Waals surface area contributed by atoms with Crippen LogP contribution in [0.2, 0.25) is 0 Å². The van der Waals surface area contributed by atoms with Crippen LogP contribution in [0, 0.1) is 0 Å². The smallest absolute Gasteiger partial charge is 0.124 e. The van der Waals surface area contributed by atoms with Crippen molar-refractivity contribution in [2.24, 2.45) is 5.73 Å². The number of nitrogens with two attached hydrogens (primary N) is 1. The minimum absolute atomic E-state index is 0.155. The Bertz CT molecular complexity index is 380. The second-order valence-electron chi connectivity index (χ2n) is 4.76. The third-order valence-corrected chi connectivity index (χ3v) is 3.91. The molecule has 3 heteroatoms. The van der Waals surface area contributed by atoms with Gasteiger partial charge in [-0.2, -0.15) is 0 Å². The predicted octanol–water partition coefficient (Wildman–Crippen LogP) is 2.22. The minimum Gasteiger partial charge on any atom is -0.496 e. The monoisotopic (exact) mass is 235 g/mol. The summed E-state index contributed by atoms with van der Waals surface area (Å²) in [6.07, 6.45) is 3.61. The zero-order valence-corrected chi connectivity index (χ0v) is 10.7. The average Bonchev–Trinajstić information content (AvgIpc) is 2.30. The Balaban J connectivity index is 2.44. The first-order valence-electron chi connectivity index (χ1n) is 6.13. The molecule has 1 fully saturated rings. The molecule has 0 radical (unpaired) electrons. The second kappa shape index (κ2) is 5.07. The summed E-state index contributed by atoms with van der Waals surface area (Å²) in [5.41, 5.74) is 8.60. The molecule has 1 aliphatic carbocycles. The molecule has 17 heavy (non-hydrogen) atoms. The first-order chi connectivity index (χ1) is 8.27. The molecule has 0 aliphatic heterocycles. The van der Waals surface area contributed by atoms with Crippen molar-refractivity contribution in [3.63, 3.8) is 0 Å². The summed E-state index contributed by atoms with van der Waals surface area (Å²) in [5, 5.41) is 0. The molecule has 3 nitrogen and oxygen atoms in total. The number of hydrogen-bond acceptors (Lipinski definition) is 3. The third kappa shape index (κ3) is 2.05. The van der Waals surface area contributed by atoms with E-state index in [9.17, 15) is 0 Å². The Morgan fingerprint density at radius 3 is 2.53 bits per heavy atom. The van der Waals surface area contributed by atoms with Crippen molar-refractivity contribution in [2.75, 3.05) is 20.8 Å². The molecular formula is C14H21NO2. The van der Waals surface area contributed by atoms with Gasteiger partial charge in [0.2, 0.25) is 0 Å². The molecule has 0 spiro atoms. The summed E-state index contributed by atoms with van der Waals surface area (Å²) >= 11 is 0. The van der Waals surface area contributed by atoms with Crippen LogP contribution in [0.4, 0.5) is 0 Å². The fourth-order valence-electron chi connectivity index (χ4n) is 2.73. The first-order valence-corrected chi connectivity index (χ1v) is 6.13. The van der Waals surface area contributed by atoms with Crippen LogP contribution in [-0.4, -0.2) is 20.8 Å². The topological polar surface area (TPSA) is 44.5 Å². The van der Waals surface area contributed by atoms with Gasteiger partial charge in [-0.3, -0.25) is 0 Å². The summed E-state index contributed by atoms with van der Waals surface area (Å²) in [4.78, 5) is 0. The van der Waals surface area contributed by atoms with E-state index in [0.717, 1.165) is 11.3 Å². The van der Waals surface area contributed by atoms with E-state index in [4.69, 9.17) is 15.2 Å².